The number of unbranched alkanes of at least 4 members (excludes halogenated alkanes) is 1. The Morgan fingerprint density at radius 2 is 2.21 bits per heavy atom. The molecule has 1 rings (SSSR count). The van der Waals surface area contributed by atoms with E-state index in [0.29, 0.717) is 6.61 Å². The van der Waals surface area contributed by atoms with Gasteiger partial charge >= 0.3 is 0 Å². The lowest BCUT2D eigenvalue weighted by atomic mass is 10.3. The van der Waals surface area contributed by atoms with E-state index in [4.69, 9.17) is 4.74 Å². The molecule has 0 aromatic carbocycles. The number of aliphatic hydroxyl groups excluding tert-OH is 1. The van der Waals surface area contributed by atoms with Crippen LogP contribution in [0.4, 0.5) is 0 Å². The zero-order chi connectivity index (χ0) is 10.4. The topological polar surface area (TPSA) is 32.7 Å². The van der Waals surface area contributed by atoms with E-state index in [1.165, 1.54) is 12.8 Å². The zero-order valence-corrected chi connectivity index (χ0v) is 9.41. The Bertz CT molecular complexity index is 148. The summed E-state index contributed by atoms with van der Waals surface area (Å²) in [4.78, 5) is 2.23. The van der Waals surface area contributed by atoms with Crippen molar-refractivity contribution in [3.05, 3.63) is 0 Å². The van der Waals surface area contributed by atoms with Gasteiger partial charge in [-0.2, -0.15) is 0 Å². The molecule has 1 fully saturated rings. The Morgan fingerprint density at radius 3 is 2.79 bits per heavy atom. The van der Waals surface area contributed by atoms with Crippen molar-refractivity contribution in [3.8, 4) is 0 Å². The third-order valence-electron chi connectivity index (χ3n) is 2.62. The lowest BCUT2D eigenvalue weighted by Crippen LogP contribution is -2.33. The monoisotopic (exact) mass is 201 g/mol. The maximum atomic E-state index is 9.63. The minimum absolute atomic E-state index is 0.322. The molecule has 14 heavy (non-hydrogen) atoms. The second-order valence-corrected chi connectivity index (χ2v) is 4.25. The Kier molecular flexibility index (Phi) is 5.45. The molecular formula is C11H23NO2. The number of hydrogen-bond acceptors (Lipinski definition) is 3. The van der Waals surface area contributed by atoms with Gasteiger partial charge in [-0.05, 0) is 26.3 Å². The van der Waals surface area contributed by atoms with Crippen LogP contribution in [0.2, 0.25) is 0 Å². The Hall–Kier alpha value is -0.120. The molecule has 0 spiro atoms. The molecule has 3 heteroatoms. The molecule has 0 amide bonds. The maximum Gasteiger partial charge on any atom is 0.0900 e. The summed E-state index contributed by atoms with van der Waals surface area (Å²) < 4.78 is 5.36. The van der Waals surface area contributed by atoms with Gasteiger partial charge < -0.3 is 14.7 Å². The van der Waals surface area contributed by atoms with Gasteiger partial charge in [-0.25, -0.2) is 0 Å². The summed E-state index contributed by atoms with van der Waals surface area (Å²) >= 11 is 0. The lowest BCUT2D eigenvalue weighted by molar-refractivity contribution is 0.0188. The van der Waals surface area contributed by atoms with Crippen LogP contribution in [0.15, 0.2) is 0 Å². The molecule has 1 saturated carbocycles. The zero-order valence-electron chi connectivity index (χ0n) is 9.41. The maximum absolute atomic E-state index is 9.63. The summed E-state index contributed by atoms with van der Waals surface area (Å²) in [7, 11) is 2.08. The third-order valence-corrected chi connectivity index (χ3v) is 2.62. The van der Waals surface area contributed by atoms with Crippen molar-refractivity contribution in [2.75, 3.05) is 26.8 Å². The molecule has 0 aromatic heterocycles. The lowest BCUT2D eigenvalue weighted by Gasteiger charge is -2.19. The van der Waals surface area contributed by atoms with Crippen LogP contribution in [0, 0.1) is 0 Å². The smallest absolute Gasteiger partial charge is 0.0900 e. The van der Waals surface area contributed by atoms with Crippen LogP contribution < -0.4 is 0 Å². The molecule has 1 aliphatic carbocycles. The van der Waals surface area contributed by atoms with E-state index < -0.39 is 0 Å². The number of rotatable bonds is 8. The first-order valence-corrected chi connectivity index (χ1v) is 5.70. The third kappa shape index (κ3) is 4.94. The average Bonchev–Trinajstić information content (AvgIpc) is 2.95. The summed E-state index contributed by atoms with van der Waals surface area (Å²) in [6, 6.07) is 0.722. The summed E-state index contributed by atoms with van der Waals surface area (Å²) in [5, 5.41) is 9.63. The SMILES string of the molecule is CCCCOCC(O)CN(C)C1CC1. The van der Waals surface area contributed by atoms with Crippen molar-refractivity contribution in [1.29, 1.82) is 0 Å². The predicted octanol–water partition coefficient (Wildman–Crippen LogP) is 1.26. The van der Waals surface area contributed by atoms with Crippen LogP contribution in [0.5, 0.6) is 0 Å². The standard InChI is InChI=1S/C11H23NO2/c1-3-4-7-14-9-11(13)8-12(2)10-5-6-10/h10-11,13H,3-9H2,1-2H3. The highest BCUT2D eigenvalue weighted by Crippen LogP contribution is 2.25. The van der Waals surface area contributed by atoms with E-state index >= 15 is 0 Å². The van der Waals surface area contributed by atoms with Gasteiger partial charge in [0.25, 0.3) is 0 Å². The molecule has 1 atom stereocenters. The highest BCUT2D eigenvalue weighted by atomic mass is 16.5. The van der Waals surface area contributed by atoms with Crippen LogP contribution in [0.1, 0.15) is 32.6 Å². The van der Waals surface area contributed by atoms with Gasteiger partial charge in [0.15, 0.2) is 0 Å². The molecule has 0 bridgehead atoms. The Morgan fingerprint density at radius 1 is 1.50 bits per heavy atom. The fourth-order valence-electron chi connectivity index (χ4n) is 1.52. The molecule has 84 valence electrons. The largest absolute Gasteiger partial charge is 0.389 e. The quantitative estimate of drug-likeness (QED) is 0.600. The molecule has 1 N–H and O–H groups in total. The number of ether oxygens (including phenoxy) is 1. The Labute approximate surface area is 87.1 Å². The molecule has 3 nitrogen and oxygen atoms in total. The normalized spacial score (nSPS) is 18.9. The summed E-state index contributed by atoms with van der Waals surface area (Å²) in [5.74, 6) is 0. The van der Waals surface area contributed by atoms with E-state index in [9.17, 15) is 5.11 Å². The van der Waals surface area contributed by atoms with Crippen LogP contribution >= 0.6 is 0 Å². The molecule has 0 radical (unpaired) electrons. The van der Waals surface area contributed by atoms with E-state index in [2.05, 4.69) is 18.9 Å². The van der Waals surface area contributed by atoms with Gasteiger partial charge in [-0.1, -0.05) is 13.3 Å². The first-order valence-electron chi connectivity index (χ1n) is 5.70. The van der Waals surface area contributed by atoms with Crippen molar-refractivity contribution < 1.29 is 9.84 Å². The number of aliphatic hydroxyl groups is 1. The minimum atomic E-state index is -0.322. The van der Waals surface area contributed by atoms with Crippen molar-refractivity contribution in [1.82, 2.24) is 4.90 Å². The molecular weight excluding hydrogens is 178 g/mol. The predicted molar refractivity (Wildman–Crippen MR) is 57.4 cm³/mol. The van der Waals surface area contributed by atoms with E-state index in [1.54, 1.807) is 0 Å². The number of likely N-dealkylation sites (N-methyl/N-ethyl adjacent to an activating group) is 1. The average molecular weight is 201 g/mol. The highest BCUT2D eigenvalue weighted by Gasteiger charge is 2.27. The van der Waals surface area contributed by atoms with Crippen molar-refractivity contribution in [2.45, 2.75) is 44.8 Å². The first kappa shape index (κ1) is 12.0. The summed E-state index contributed by atoms with van der Waals surface area (Å²) in [6.07, 6.45) is 4.50. The molecule has 0 aliphatic heterocycles. The van der Waals surface area contributed by atoms with E-state index in [-0.39, 0.29) is 6.10 Å². The van der Waals surface area contributed by atoms with Gasteiger partial charge in [0, 0.05) is 19.2 Å². The highest BCUT2D eigenvalue weighted by molar-refractivity contribution is 4.83. The van der Waals surface area contributed by atoms with Crippen LogP contribution in [-0.4, -0.2) is 49.0 Å². The van der Waals surface area contributed by atoms with Crippen LogP contribution in [0.3, 0.4) is 0 Å². The fraction of sp³-hybridized carbons (Fsp3) is 1.00. The van der Waals surface area contributed by atoms with Crippen LogP contribution in [0.25, 0.3) is 0 Å². The number of hydrogen-bond donors (Lipinski definition) is 1. The van der Waals surface area contributed by atoms with Gasteiger partial charge in [0.1, 0.15) is 0 Å². The Balaban J connectivity index is 1.94. The van der Waals surface area contributed by atoms with Crippen molar-refractivity contribution >= 4 is 0 Å². The molecule has 1 unspecified atom stereocenters. The van der Waals surface area contributed by atoms with Crippen LogP contribution in [-0.2, 0) is 4.74 Å². The second kappa shape index (κ2) is 6.38. The van der Waals surface area contributed by atoms with Gasteiger partial charge in [-0.3, -0.25) is 0 Å². The molecule has 0 heterocycles. The second-order valence-electron chi connectivity index (χ2n) is 4.25. The van der Waals surface area contributed by atoms with E-state index in [1.807, 2.05) is 0 Å². The van der Waals surface area contributed by atoms with Gasteiger partial charge in [0.05, 0.1) is 12.7 Å². The van der Waals surface area contributed by atoms with E-state index in [0.717, 1.165) is 32.0 Å². The van der Waals surface area contributed by atoms with Crippen molar-refractivity contribution in [3.63, 3.8) is 0 Å². The van der Waals surface area contributed by atoms with Gasteiger partial charge in [-0.15, -0.1) is 0 Å². The van der Waals surface area contributed by atoms with Gasteiger partial charge in [0.2, 0.25) is 0 Å². The minimum Gasteiger partial charge on any atom is -0.389 e. The molecule has 1 aliphatic rings. The fourth-order valence-corrected chi connectivity index (χ4v) is 1.52. The summed E-state index contributed by atoms with van der Waals surface area (Å²) in [5.41, 5.74) is 0. The first-order chi connectivity index (χ1) is 6.74. The number of nitrogens with zero attached hydrogens (tertiary/aromatic N) is 1. The summed E-state index contributed by atoms with van der Waals surface area (Å²) in [6.45, 7) is 4.15. The van der Waals surface area contributed by atoms with Crippen molar-refractivity contribution in [2.24, 2.45) is 0 Å². The molecule has 0 saturated heterocycles. The molecule has 0 aromatic rings.